The average Bonchev–Trinajstić information content (AvgIpc) is 4.04. The number of H-pyrrole nitrogens is 3. The molecule has 0 aliphatic heterocycles. The zero-order valence-corrected chi connectivity index (χ0v) is 31.9. The number of rotatable bonds is 10. The molecule has 0 aliphatic carbocycles. The van der Waals surface area contributed by atoms with Gasteiger partial charge in [-0.2, -0.15) is 0 Å². The van der Waals surface area contributed by atoms with Gasteiger partial charge in [-0.15, -0.1) is 0 Å². The van der Waals surface area contributed by atoms with Crippen LogP contribution < -0.4 is 11.5 Å². The summed E-state index contributed by atoms with van der Waals surface area (Å²) in [5.41, 5.74) is 21.4. The highest BCUT2D eigenvalue weighted by Gasteiger charge is 2.22. The van der Waals surface area contributed by atoms with E-state index in [1.807, 2.05) is 67.3 Å². The van der Waals surface area contributed by atoms with Gasteiger partial charge in [0.25, 0.3) is 5.69 Å². The lowest BCUT2D eigenvalue weighted by molar-refractivity contribution is -0.383. The Morgan fingerprint density at radius 3 is 1.63 bits per heavy atom. The number of nitrogens with one attached hydrogen (secondary N) is 3. The average molecular weight is 802 g/mol. The molecule has 60 heavy (non-hydrogen) atoms. The number of aromatic amines is 3. The number of nitrogens with two attached hydrogens (primary N) is 2. The number of non-ortho nitro benzene ring substituents is 1. The van der Waals surface area contributed by atoms with Crippen LogP contribution in [0.5, 0.6) is 0 Å². The van der Waals surface area contributed by atoms with Crippen LogP contribution in [0, 0.1) is 10.1 Å². The summed E-state index contributed by atoms with van der Waals surface area (Å²) in [5.74, 6) is -2.12. The first-order valence-corrected chi connectivity index (χ1v) is 18.7. The van der Waals surface area contributed by atoms with Gasteiger partial charge in [-0.3, -0.25) is 34.7 Å². The number of aromatic nitrogens is 6. The first kappa shape index (κ1) is 40.2. The minimum absolute atomic E-state index is 0.0641. The number of aliphatic carboxylic acids is 2. The molecule has 0 saturated heterocycles. The second-order valence-electron chi connectivity index (χ2n) is 13.7. The number of carboxylic acids is 2. The van der Waals surface area contributed by atoms with Crippen LogP contribution in [0.2, 0.25) is 0 Å². The van der Waals surface area contributed by atoms with Crippen LogP contribution in [0.25, 0.3) is 66.1 Å². The molecule has 2 atom stereocenters. The quantitative estimate of drug-likeness (QED) is 0.0526. The van der Waals surface area contributed by atoms with E-state index in [1.54, 1.807) is 49.2 Å². The molecule has 15 nitrogen and oxygen atoms in total. The van der Waals surface area contributed by atoms with Crippen LogP contribution in [-0.2, 0) is 22.4 Å². The number of nitrogens with zero attached hydrogens (tertiary/aromatic N) is 4. The third kappa shape index (κ3) is 8.77. The molecule has 300 valence electrons. The van der Waals surface area contributed by atoms with Crippen LogP contribution in [0.3, 0.4) is 0 Å². The highest BCUT2D eigenvalue weighted by Crippen LogP contribution is 2.37. The highest BCUT2D eigenvalue weighted by atomic mass is 16.6. The fraction of sp³-hybridized carbons (Fsp3) is 0.0889. The van der Waals surface area contributed by atoms with Crippen molar-refractivity contribution in [3.05, 3.63) is 168 Å². The van der Waals surface area contributed by atoms with Crippen molar-refractivity contribution >= 4 is 50.3 Å². The van der Waals surface area contributed by atoms with Gasteiger partial charge in [0.05, 0.1) is 4.92 Å². The highest BCUT2D eigenvalue weighted by molar-refractivity contribution is 6.02. The molecule has 0 saturated carbocycles. The number of fused-ring (bicyclic) bond motifs is 3. The smallest absolute Gasteiger partial charge is 0.320 e. The van der Waals surface area contributed by atoms with Gasteiger partial charge in [-0.05, 0) is 105 Å². The lowest BCUT2D eigenvalue weighted by Gasteiger charge is -2.09. The maximum atomic E-state index is 11.3. The van der Waals surface area contributed by atoms with Gasteiger partial charge in [0, 0.05) is 102 Å². The number of hydrogen-bond acceptors (Lipinski definition) is 9. The maximum absolute atomic E-state index is 11.3. The van der Waals surface area contributed by atoms with E-state index in [0.717, 1.165) is 38.7 Å². The summed E-state index contributed by atoms with van der Waals surface area (Å²) in [6, 6.07) is 26.9. The Hall–Kier alpha value is -8.01. The zero-order chi connectivity index (χ0) is 42.2. The van der Waals surface area contributed by atoms with E-state index in [9.17, 15) is 19.7 Å². The Morgan fingerprint density at radius 2 is 1.08 bits per heavy atom. The minimum atomic E-state index is -1.12. The predicted octanol–water partition coefficient (Wildman–Crippen LogP) is 7.51. The van der Waals surface area contributed by atoms with E-state index in [2.05, 4.69) is 54.2 Å². The van der Waals surface area contributed by atoms with Crippen molar-refractivity contribution in [1.29, 1.82) is 0 Å². The van der Waals surface area contributed by atoms with Crippen molar-refractivity contribution in [1.82, 2.24) is 29.9 Å². The number of hydrogen-bond donors (Lipinski definition) is 7. The molecular formula is C45H39N9O6. The first-order chi connectivity index (χ1) is 29.1. The standard InChI is InChI=1S/C16H14N4O4.C16H15N3O2.C13H10N2/c17-12(16(21)22)7-10-8-19-15-13(20(23)24)2-1-11(14(10)15)9-3-5-18-6-4-9;17-13(16(20)21)8-11-9-19-14-3-1-2-12(15(11)14)10-4-6-18-7-5-10;1-2-11(10-4-7-14-8-5-10)12-6-9-15-13(12)3-1/h1-6,8,12,19H,7,17H2,(H,21,22);1-7,9,13,19H,8,17H2,(H,20,21);1-9,15H/t12-;13-;/m00./s1. The van der Waals surface area contributed by atoms with Crippen LogP contribution in [0.1, 0.15) is 11.1 Å². The molecule has 0 amide bonds. The maximum Gasteiger partial charge on any atom is 0.320 e. The summed E-state index contributed by atoms with van der Waals surface area (Å²) >= 11 is 0. The topological polar surface area (TPSA) is 256 Å². The third-order valence-corrected chi connectivity index (χ3v) is 9.96. The molecule has 3 aromatic carbocycles. The van der Waals surface area contributed by atoms with E-state index < -0.39 is 28.9 Å². The first-order valence-electron chi connectivity index (χ1n) is 18.7. The van der Waals surface area contributed by atoms with E-state index in [-0.39, 0.29) is 18.5 Å². The lowest BCUT2D eigenvalue weighted by atomic mass is 9.96. The van der Waals surface area contributed by atoms with Crippen LogP contribution >= 0.6 is 0 Å². The second-order valence-corrected chi connectivity index (χ2v) is 13.7. The van der Waals surface area contributed by atoms with Crippen LogP contribution in [-0.4, -0.2) is 69.1 Å². The van der Waals surface area contributed by atoms with Gasteiger partial charge >= 0.3 is 11.9 Å². The van der Waals surface area contributed by atoms with Gasteiger partial charge in [-0.1, -0.05) is 24.3 Å². The molecule has 9 rings (SSSR count). The molecule has 9 N–H and O–H groups in total. The number of carboxylic acid groups (broad SMARTS) is 2. The van der Waals surface area contributed by atoms with Crippen molar-refractivity contribution in [2.75, 3.05) is 0 Å². The molecule has 0 unspecified atom stereocenters. The summed E-state index contributed by atoms with van der Waals surface area (Å²) in [6.45, 7) is 0. The number of nitro groups is 1. The Kier molecular flexibility index (Phi) is 12.1. The summed E-state index contributed by atoms with van der Waals surface area (Å²) in [4.78, 5) is 54.1. The normalized spacial score (nSPS) is 11.9. The SMILES string of the molecule is N[C@@H](Cc1c[nH]c2c([N+](=O)[O-])ccc(-c3ccncc3)c12)C(=O)O.N[C@@H](Cc1c[nH]c2cccc(-c3ccncc3)c12)C(=O)O.c1cc(-c2ccncc2)c2cc[nH]c2c1. The van der Waals surface area contributed by atoms with Gasteiger partial charge in [-0.25, -0.2) is 0 Å². The third-order valence-electron chi connectivity index (χ3n) is 9.96. The predicted molar refractivity (Wildman–Crippen MR) is 230 cm³/mol. The van der Waals surface area contributed by atoms with Crippen molar-refractivity contribution < 1.29 is 24.7 Å². The van der Waals surface area contributed by atoms with Crippen LogP contribution in [0.4, 0.5) is 5.69 Å². The molecule has 6 aromatic heterocycles. The number of pyridine rings is 3. The van der Waals surface area contributed by atoms with Gasteiger partial charge in [0.15, 0.2) is 0 Å². The lowest BCUT2D eigenvalue weighted by Crippen LogP contribution is -2.32. The van der Waals surface area contributed by atoms with E-state index in [4.69, 9.17) is 21.7 Å². The van der Waals surface area contributed by atoms with Crippen molar-refractivity contribution in [3.8, 4) is 33.4 Å². The van der Waals surface area contributed by atoms with Crippen LogP contribution in [0.15, 0.2) is 147 Å². The Labute approximate surface area is 341 Å². The molecule has 0 aliphatic rings. The molecule has 9 aromatic rings. The molecular weight excluding hydrogens is 763 g/mol. The molecule has 0 fully saturated rings. The summed E-state index contributed by atoms with van der Waals surface area (Å²) in [5, 5.41) is 32.2. The number of carbonyl (C=O) groups is 2. The number of nitro benzene ring substituents is 1. The summed E-state index contributed by atoms with van der Waals surface area (Å²) < 4.78 is 0. The van der Waals surface area contributed by atoms with Crippen molar-refractivity contribution in [2.45, 2.75) is 24.9 Å². The van der Waals surface area contributed by atoms with Crippen molar-refractivity contribution in [3.63, 3.8) is 0 Å². The fourth-order valence-corrected chi connectivity index (χ4v) is 7.09. The van der Waals surface area contributed by atoms with Gasteiger partial charge in [0.2, 0.25) is 0 Å². The van der Waals surface area contributed by atoms with Gasteiger partial charge < -0.3 is 36.6 Å². The molecule has 6 heterocycles. The molecule has 0 radical (unpaired) electrons. The Morgan fingerprint density at radius 1 is 0.600 bits per heavy atom. The molecule has 0 bridgehead atoms. The number of benzene rings is 3. The summed E-state index contributed by atoms with van der Waals surface area (Å²) in [6.07, 6.45) is 16.1. The van der Waals surface area contributed by atoms with Gasteiger partial charge in [0.1, 0.15) is 17.6 Å². The Bertz CT molecular complexity index is 2910. The largest absolute Gasteiger partial charge is 0.480 e. The molecule has 15 heteroatoms. The van der Waals surface area contributed by atoms with E-state index in [1.165, 1.54) is 28.1 Å². The van der Waals surface area contributed by atoms with Crippen molar-refractivity contribution in [2.24, 2.45) is 11.5 Å². The fourth-order valence-electron chi connectivity index (χ4n) is 7.09. The Balaban J connectivity index is 0.000000139. The monoisotopic (exact) mass is 801 g/mol. The zero-order valence-electron chi connectivity index (χ0n) is 31.9. The second kappa shape index (κ2) is 18.1. The minimum Gasteiger partial charge on any atom is -0.480 e. The summed E-state index contributed by atoms with van der Waals surface area (Å²) in [7, 11) is 0. The van der Waals surface area contributed by atoms with E-state index in [0.29, 0.717) is 16.5 Å². The van der Waals surface area contributed by atoms with E-state index >= 15 is 0 Å². The molecule has 0 spiro atoms.